The summed E-state index contributed by atoms with van der Waals surface area (Å²) in [5.41, 5.74) is 1.15. The fourth-order valence-corrected chi connectivity index (χ4v) is 5.36. The van der Waals surface area contributed by atoms with Gasteiger partial charge in [-0.15, -0.1) is 0 Å². The Hall–Kier alpha value is -2.18. The normalized spacial score (nSPS) is 18.7. The summed E-state index contributed by atoms with van der Waals surface area (Å²) in [6, 6.07) is 19.0. The van der Waals surface area contributed by atoms with E-state index in [4.69, 9.17) is 0 Å². The second-order valence-electron chi connectivity index (χ2n) is 7.67. The molecule has 0 bridgehead atoms. The van der Waals surface area contributed by atoms with Gasteiger partial charge in [0.15, 0.2) is 0 Å². The average molecular weight is 399 g/mol. The summed E-state index contributed by atoms with van der Waals surface area (Å²) in [7, 11) is -3.48. The molecule has 0 atom stereocenters. The van der Waals surface area contributed by atoms with Crippen LogP contribution in [0, 0.1) is 5.92 Å². The van der Waals surface area contributed by atoms with Crippen molar-refractivity contribution < 1.29 is 13.2 Å². The van der Waals surface area contributed by atoms with Gasteiger partial charge in [-0.2, -0.15) is 4.31 Å². The van der Waals surface area contributed by atoms with Crippen LogP contribution in [0.4, 0.5) is 0 Å². The van der Waals surface area contributed by atoms with Gasteiger partial charge in [0.25, 0.3) is 0 Å². The molecule has 0 radical (unpaired) electrons. The molecule has 0 spiro atoms. The molecular weight excluding hydrogens is 372 g/mol. The second-order valence-corrected chi connectivity index (χ2v) is 9.61. The number of carbonyl (C=O) groups excluding carboxylic acids is 1. The Balaban J connectivity index is 1.40. The molecule has 2 aromatic rings. The van der Waals surface area contributed by atoms with Crippen LogP contribution in [0.3, 0.4) is 0 Å². The van der Waals surface area contributed by atoms with Gasteiger partial charge in [0.05, 0.1) is 4.90 Å². The Bertz CT molecular complexity index is 903. The molecule has 0 N–H and O–H groups in total. The molecule has 2 fully saturated rings. The lowest BCUT2D eigenvalue weighted by molar-refractivity contribution is -0.138. The van der Waals surface area contributed by atoms with Crippen LogP contribution in [0.2, 0.25) is 0 Å². The van der Waals surface area contributed by atoms with E-state index in [1.807, 2.05) is 29.2 Å². The van der Waals surface area contributed by atoms with E-state index in [1.165, 1.54) is 4.31 Å². The molecule has 1 heterocycles. The highest BCUT2D eigenvalue weighted by molar-refractivity contribution is 7.89. The predicted octanol–water partition coefficient (Wildman–Crippen LogP) is 3.28. The molecule has 148 valence electrons. The first kappa shape index (κ1) is 19.2. The van der Waals surface area contributed by atoms with E-state index >= 15 is 0 Å². The lowest BCUT2D eigenvalue weighted by atomic mass is 9.96. The molecular formula is C22H26N2O3S. The molecule has 2 aromatic carbocycles. The Morgan fingerprint density at radius 2 is 1.46 bits per heavy atom. The molecule has 5 nitrogen and oxygen atoms in total. The summed E-state index contributed by atoms with van der Waals surface area (Å²) in [6.07, 6.45) is 3.31. The van der Waals surface area contributed by atoms with E-state index in [-0.39, 0.29) is 11.8 Å². The summed E-state index contributed by atoms with van der Waals surface area (Å²) in [5.74, 6) is 0.0923. The van der Waals surface area contributed by atoms with E-state index in [0.717, 1.165) is 18.4 Å². The maximum absolute atomic E-state index is 13.2. The summed E-state index contributed by atoms with van der Waals surface area (Å²) in [5, 5.41) is 0. The summed E-state index contributed by atoms with van der Waals surface area (Å²) in [6.45, 7) is 1.45. The Kier molecular flexibility index (Phi) is 5.51. The molecule has 0 aromatic heterocycles. The first-order valence-corrected chi connectivity index (χ1v) is 11.4. The third-order valence-electron chi connectivity index (χ3n) is 5.65. The lowest BCUT2D eigenvalue weighted by Gasteiger charge is -2.34. The maximum atomic E-state index is 13.2. The smallest absolute Gasteiger partial charge is 0.243 e. The van der Waals surface area contributed by atoms with Gasteiger partial charge in [-0.05, 0) is 43.4 Å². The van der Waals surface area contributed by atoms with Crippen molar-refractivity contribution in [3.63, 3.8) is 0 Å². The molecule has 1 saturated heterocycles. The van der Waals surface area contributed by atoms with Crippen LogP contribution in [0.1, 0.15) is 31.2 Å². The van der Waals surface area contributed by atoms with Crippen molar-refractivity contribution in [2.24, 2.45) is 5.92 Å². The quantitative estimate of drug-likeness (QED) is 0.750. The van der Waals surface area contributed by atoms with Crippen LogP contribution in [0.25, 0.3) is 0 Å². The Labute approximate surface area is 167 Å². The van der Waals surface area contributed by atoms with Crippen molar-refractivity contribution in [1.82, 2.24) is 9.21 Å². The lowest BCUT2D eigenvalue weighted by Crippen LogP contribution is -2.44. The molecule has 0 unspecified atom stereocenters. The number of hydrogen-bond acceptors (Lipinski definition) is 3. The zero-order valence-electron chi connectivity index (χ0n) is 15.9. The van der Waals surface area contributed by atoms with E-state index in [0.29, 0.717) is 43.4 Å². The molecule has 1 aliphatic carbocycles. The number of nitrogens with zero attached hydrogens (tertiary/aromatic N) is 2. The molecule has 1 aliphatic heterocycles. The summed E-state index contributed by atoms with van der Waals surface area (Å²) < 4.78 is 27.1. The zero-order valence-corrected chi connectivity index (χ0v) is 16.7. The first-order chi connectivity index (χ1) is 13.6. The van der Waals surface area contributed by atoms with Gasteiger partial charge in [-0.1, -0.05) is 48.5 Å². The minimum atomic E-state index is -3.48. The molecule has 4 rings (SSSR count). The summed E-state index contributed by atoms with van der Waals surface area (Å²) in [4.78, 5) is 15.5. The Morgan fingerprint density at radius 3 is 2.04 bits per heavy atom. The van der Waals surface area contributed by atoms with Crippen LogP contribution >= 0.6 is 0 Å². The van der Waals surface area contributed by atoms with Crippen LogP contribution < -0.4 is 0 Å². The van der Waals surface area contributed by atoms with Crippen molar-refractivity contribution in [2.75, 3.05) is 13.1 Å². The number of sulfonamides is 1. The molecule has 28 heavy (non-hydrogen) atoms. The van der Waals surface area contributed by atoms with Gasteiger partial charge in [0.2, 0.25) is 15.9 Å². The van der Waals surface area contributed by atoms with Crippen molar-refractivity contribution >= 4 is 15.9 Å². The zero-order chi connectivity index (χ0) is 19.6. The van der Waals surface area contributed by atoms with Gasteiger partial charge in [0, 0.05) is 31.6 Å². The van der Waals surface area contributed by atoms with Gasteiger partial charge in [-0.3, -0.25) is 4.79 Å². The standard InChI is InChI=1S/C22H26N2O3S/c25-22(24(20-11-12-20)17-18-7-3-1-4-8-18)19-13-15-23(16-14-19)28(26,27)21-9-5-2-6-10-21/h1-10,19-20H,11-17H2. The van der Waals surface area contributed by atoms with Gasteiger partial charge >= 0.3 is 0 Å². The number of rotatable bonds is 6. The largest absolute Gasteiger partial charge is 0.335 e. The number of carbonyl (C=O) groups is 1. The van der Waals surface area contributed by atoms with Crippen molar-refractivity contribution in [2.45, 2.75) is 43.2 Å². The monoisotopic (exact) mass is 398 g/mol. The molecule has 1 saturated carbocycles. The van der Waals surface area contributed by atoms with E-state index in [9.17, 15) is 13.2 Å². The number of benzene rings is 2. The highest BCUT2D eigenvalue weighted by atomic mass is 32.2. The van der Waals surface area contributed by atoms with Crippen LogP contribution in [0.15, 0.2) is 65.6 Å². The minimum absolute atomic E-state index is 0.0912. The average Bonchev–Trinajstić information content (AvgIpc) is 3.58. The molecule has 2 aliphatic rings. The molecule has 1 amide bonds. The highest BCUT2D eigenvalue weighted by Crippen LogP contribution is 2.32. The number of piperidine rings is 1. The van der Waals surface area contributed by atoms with E-state index in [1.54, 1.807) is 24.3 Å². The topological polar surface area (TPSA) is 57.7 Å². The fraction of sp³-hybridized carbons (Fsp3) is 0.409. The number of hydrogen-bond donors (Lipinski definition) is 0. The minimum Gasteiger partial charge on any atom is -0.335 e. The predicted molar refractivity (Wildman–Crippen MR) is 108 cm³/mol. The molecule has 6 heteroatoms. The van der Waals surface area contributed by atoms with Crippen molar-refractivity contribution in [3.8, 4) is 0 Å². The first-order valence-electron chi connectivity index (χ1n) is 9.95. The fourth-order valence-electron chi connectivity index (χ4n) is 3.87. The van der Waals surface area contributed by atoms with Crippen LogP contribution in [-0.2, 0) is 21.4 Å². The second kappa shape index (κ2) is 8.05. The van der Waals surface area contributed by atoms with Crippen LogP contribution in [0.5, 0.6) is 0 Å². The SMILES string of the molecule is O=C(C1CCN(S(=O)(=O)c2ccccc2)CC1)N(Cc1ccccc1)C1CC1. The van der Waals surface area contributed by atoms with E-state index < -0.39 is 10.0 Å². The highest BCUT2D eigenvalue weighted by Gasteiger charge is 2.38. The van der Waals surface area contributed by atoms with Crippen LogP contribution in [-0.4, -0.2) is 42.7 Å². The number of amides is 1. The van der Waals surface area contributed by atoms with Crippen molar-refractivity contribution in [3.05, 3.63) is 66.2 Å². The van der Waals surface area contributed by atoms with Gasteiger partial charge in [-0.25, -0.2) is 8.42 Å². The maximum Gasteiger partial charge on any atom is 0.243 e. The third kappa shape index (κ3) is 4.13. The summed E-state index contributed by atoms with van der Waals surface area (Å²) >= 11 is 0. The van der Waals surface area contributed by atoms with Crippen molar-refractivity contribution in [1.29, 1.82) is 0 Å². The van der Waals surface area contributed by atoms with E-state index in [2.05, 4.69) is 12.1 Å². The van der Waals surface area contributed by atoms with Gasteiger partial charge < -0.3 is 4.90 Å². The van der Waals surface area contributed by atoms with Gasteiger partial charge in [0.1, 0.15) is 0 Å². The third-order valence-corrected chi connectivity index (χ3v) is 7.56. The Morgan fingerprint density at radius 1 is 0.893 bits per heavy atom.